The molecule has 0 N–H and O–H groups in total. The maximum atomic E-state index is 13.3. The summed E-state index contributed by atoms with van der Waals surface area (Å²) >= 11 is 0. The van der Waals surface area contributed by atoms with Gasteiger partial charge in [0.05, 0.1) is 0 Å². The van der Waals surface area contributed by atoms with Crippen LogP contribution in [0.25, 0.3) is 0 Å². The molecule has 18 heavy (non-hydrogen) atoms. The number of Topliss-reactive ketones (excluding diaryl/α,β-unsaturated/α-hetero) is 1. The van der Waals surface area contributed by atoms with Crippen LogP contribution in [0.3, 0.4) is 0 Å². The van der Waals surface area contributed by atoms with Gasteiger partial charge in [-0.3, -0.25) is 4.79 Å². The van der Waals surface area contributed by atoms with Gasteiger partial charge in [0.2, 0.25) is 0 Å². The molecule has 1 fully saturated rings. The topological polar surface area (TPSA) is 17.1 Å². The number of hydrogen-bond donors (Lipinski definition) is 0. The SMILES string of the molecule is CCC1CCCC(C(=O)c2cc(C)cc(F)c2)C1. The minimum absolute atomic E-state index is 0.102. The lowest BCUT2D eigenvalue weighted by Crippen LogP contribution is -2.23. The van der Waals surface area contributed by atoms with E-state index in [1.807, 2.05) is 6.92 Å². The molecular weight excluding hydrogens is 227 g/mol. The van der Waals surface area contributed by atoms with E-state index in [0.29, 0.717) is 11.5 Å². The molecule has 1 aromatic rings. The van der Waals surface area contributed by atoms with Crippen LogP contribution in [0.2, 0.25) is 0 Å². The van der Waals surface area contributed by atoms with Crippen molar-refractivity contribution in [3.8, 4) is 0 Å². The summed E-state index contributed by atoms with van der Waals surface area (Å²) in [6.45, 7) is 4.01. The number of ketones is 1. The van der Waals surface area contributed by atoms with Crippen LogP contribution in [-0.2, 0) is 0 Å². The zero-order chi connectivity index (χ0) is 13.1. The lowest BCUT2D eigenvalue weighted by molar-refractivity contribution is 0.0861. The maximum absolute atomic E-state index is 13.3. The van der Waals surface area contributed by atoms with Gasteiger partial charge in [-0.25, -0.2) is 4.39 Å². The van der Waals surface area contributed by atoms with Crippen LogP contribution >= 0.6 is 0 Å². The fourth-order valence-corrected chi connectivity index (χ4v) is 3.01. The third-order valence-corrected chi connectivity index (χ3v) is 4.06. The summed E-state index contributed by atoms with van der Waals surface area (Å²) in [4.78, 5) is 12.4. The van der Waals surface area contributed by atoms with Crippen LogP contribution < -0.4 is 0 Å². The molecule has 0 aliphatic heterocycles. The highest BCUT2D eigenvalue weighted by Gasteiger charge is 2.27. The minimum atomic E-state index is -0.304. The van der Waals surface area contributed by atoms with E-state index in [-0.39, 0.29) is 17.5 Å². The van der Waals surface area contributed by atoms with Gasteiger partial charge in [-0.15, -0.1) is 0 Å². The van der Waals surface area contributed by atoms with Gasteiger partial charge in [-0.2, -0.15) is 0 Å². The fourth-order valence-electron chi connectivity index (χ4n) is 3.01. The van der Waals surface area contributed by atoms with Crippen LogP contribution in [-0.4, -0.2) is 5.78 Å². The standard InChI is InChI=1S/C16H21FO/c1-3-12-5-4-6-13(9-12)16(18)14-7-11(2)8-15(17)10-14/h7-8,10,12-13H,3-6,9H2,1-2H3. The Balaban J connectivity index is 2.15. The van der Waals surface area contributed by atoms with E-state index in [4.69, 9.17) is 0 Å². The number of benzene rings is 1. The number of halogens is 1. The Labute approximate surface area is 108 Å². The maximum Gasteiger partial charge on any atom is 0.166 e. The molecule has 1 aromatic carbocycles. The Morgan fingerprint density at radius 3 is 2.78 bits per heavy atom. The Kier molecular flexibility index (Phi) is 4.15. The van der Waals surface area contributed by atoms with Crippen molar-refractivity contribution in [1.82, 2.24) is 0 Å². The summed E-state index contributed by atoms with van der Waals surface area (Å²) in [5, 5.41) is 0. The Morgan fingerprint density at radius 1 is 1.33 bits per heavy atom. The van der Waals surface area contributed by atoms with Crippen molar-refractivity contribution >= 4 is 5.78 Å². The summed E-state index contributed by atoms with van der Waals surface area (Å²) in [5.74, 6) is 0.601. The second-order valence-corrected chi connectivity index (χ2v) is 5.52. The fraction of sp³-hybridized carbons (Fsp3) is 0.562. The first-order chi connectivity index (χ1) is 8.60. The van der Waals surface area contributed by atoms with Crippen molar-refractivity contribution in [3.05, 3.63) is 35.1 Å². The van der Waals surface area contributed by atoms with Gasteiger partial charge >= 0.3 is 0 Å². The molecule has 1 saturated carbocycles. The number of hydrogen-bond acceptors (Lipinski definition) is 1. The Hall–Kier alpha value is -1.18. The molecule has 0 amide bonds. The van der Waals surface area contributed by atoms with Crippen LogP contribution in [0.1, 0.15) is 54.9 Å². The van der Waals surface area contributed by atoms with Gasteiger partial charge in [0.15, 0.2) is 5.78 Å². The van der Waals surface area contributed by atoms with Crippen molar-refractivity contribution in [2.24, 2.45) is 11.8 Å². The molecule has 1 aliphatic rings. The van der Waals surface area contributed by atoms with Gasteiger partial charge < -0.3 is 0 Å². The number of rotatable bonds is 3. The molecule has 0 heterocycles. The largest absolute Gasteiger partial charge is 0.294 e. The van der Waals surface area contributed by atoms with Crippen LogP contribution in [0.4, 0.5) is 4.39 Å². The van der Waals surface area contributed by atoms with E-state index < -0.39 is 0 Å². The Bertz CT molecular complexity index is 418. The Morgan fingerprint density at radius 2 is 2.11 bits per heavy atom. The quantitative estimate of drug-likeness (QED) is 0.718. The second-order valence-electron chi connectivity index (χ2n) is 5.52. The molecule has 2 unspecified atom stereocenters. The van der Waals surface area contributed by atoms with Crippen molar-refractivity contribution < 1.29 is 9.18 Å². The average Bonchev–Trinajstić information content (AvgIpc) is 2.37. The number of carbonyl (C=O) groups is 1. The molecular formula is C16H21FO. The number of carbonyl (C=O) groups excluding carboxylic acids is 1. The summed E-state index contributed by atoms with van der Waals surface area (Å²) in [5.41, 5.74) is 1.37. The van der Waals surface area contributed by atoms with Crippen molar-refractivity contribution in [1.29, 1.82) is 0 Å². The molecule has 0 aromatic heterocycles. The highest BCUT2D eigenvalue weighted by atomic mass is 19.1. The van der Waals surface area contributed by atoms with Gasteiger partial charge in [0.25, 0.3) is 0 Å². The van der Waals surface area contributed by atoms with E-state index in [0.717, 1.165) is 31.2 Å². The zero-order valence-electron chi connectivity index (χ0n) is 11.2. The first kappa shape index (κ1) is 13.3. The molecule has 1 aliphatic carbocycles. The van der Waals surface area contributed by atoms with E-state index in [1.54, 1.807) is 6.07 Å². The van der Waals surface area contributed by atoms with Crippen molar-refractivity contribution in [2.75, 3.05) is 0 Å². The first-order valence-electron chi connectivity index (χ1n) is 6.91. The van der Waals surface area contributed by atoms with Gasteiger partial charge in [0, 0.05) is 11.5 Å². The van der Waals surface area contributed by atoms with Crippen LogP contribution in [0.5, 0.6) is 0 Å². The van der Waals surface area contributed by atoms with Gasteiger partial charge in [0.1, 0.15) is 5.82 Å². The minimum Gasteiger partial charge on any atom is -0.294 e. The third-order valence-electron chi connectivity index (χ3n) is 4.06. The van der Waals surface area contributed by atoms with E-state index in [1.165, 1.54) is 18.6 Å². The molecule has 2 atom stereocenters. The number of aryl methyl sites for hydroxylation is 1. The molecule has 0 spiro atoms. The molecule has 1 nitrogen and oxygen atoms in total. The normalized spacial score (nSPS) is 23.9. The van der Waals surface area contributed by atoms with Crippen molar-refractivity contribution in [2.45, 2.75) is 46.0 Å². The highest BCUT2D eigenvalue weighted by molar-refractivity contribution is 5.98. The van der Waals surface area contributed by atoms with E-state index in [2.05, 4.69) is 6.92 Å². The summed E-state index contributed by atoms with van der Waals surface area (Å²) in [7, 11) is 0. The smallest absolute Gasteiger partial charge is 0.166 e. The van der Waals surface area contributed by atoms with Crippen molar-refractivity contribution in [3.63, 3.8) is 0 Å². The average molecular weight is 248 g/mol. The van der Waals surface area contributed by atoms with Gasteiger partial charge in [-0.05, 0) is 49.4 Å². The van der Waals surface area contributed by atoms with Crippen LogP contribution in [0, 0.1) is 24.6 Å². The summed E-state index contributed by atoms with van der Waals surface area (Å²) in [6.07, 6.45) is 5.45. The van der Waals surface area contributed by atoms with Gasteiger partial charge in [-0.1, -0.05) is 26.2 Å². The molecule has 2 heteroatoms. The predicted molar refractivity (Wildman–Crippen MR) is 71.2 cm³/mol. The monoisotopic (exact) mass is 248 g/mol. The lowest BCUT2D eigenvalue weighted by Gasteiger charge is -2.27. The predicted octanol–water partition coefficient (Wildman–Crippen LogP) is 4.53. The molecule has 0 radical (unpaired) electrons. The summed E-state index contributed by atoms with van der Waals surface area (Å²) < 4.78 is 13.3. The summed E-state index contributed by atoms with van der Waals surface area (Å²) in [6, 6.07) is 4.65. The molecule has 98 valence electrons. The van der Waals surface area contributed by atoms with E-state index in [9.17, 15) is 9.18 Å². The highest BCUT2D eigenvalue weighted by Crippen LogP contribution is 2.33. The second kappa shape index (κ2) is 5.64. The van der Waals surface area contributed by atoms with Crippen LogP contribution in [0.15, 0.2) is 18.2 Å². The van der Waals surface area contributed by atoms with E-state index >= 15 is 0 Å². The third kappa shape index (κ3) is 2.98. The lowest BCUT2D eigenvalue weighted by atomic mass is 9.77. The first-order valence-corrected chi connectivity index (χ1v) is 6.91. The zero-order valence-corrected chi connectivity index (χ0v) is 11.2. The molecule has 2 rings (SSSR count). The molecule has 0 saturated heterocycles. The molecule has 0 bridgehead atoms.